The van der Waals surface area contributed by atoms with Gasteiger partial charge < -0.3 is 5.11 Å². The van der Waals surface area contributed by atoms with E-state index in [1.165, 1.54) is 0 Å². The van der Waals surface area contributed by atoms with Crippen molar-refractivity contribution in [2.75, 3.05) is 0 Å². The summed E-state index contributed by atoms with van der Waals surface area (Å²) >= 11 is 1.63. The van der Waals surface area contributed by atoms with E-state index in [1.54, 1.807) is 22.6 Å². The van der Waals surface area contributed by atoms with E-state index < -0.39 is 23.4 Å². The van der Waals surface area contributed by atoms with E-state index in [0.717, 1.165) is 12.3 Å². The number of pyridine rings is 1. The fraction of sp³-hybridized carbons (Fsp3) is 0.143. The molecule has 7 heteroatoms. The molecule has 0 amide bonds. The smallest absolute Gasteiger partial charge is 0.418 e. The van der Waals surface area contributed by atoms with Crippen LogP contribution in [-0.4, -0.2) is 16.1 Å². The minimum absolute atomic E-state index is 0.236. The van der Waals surface area contributed by atoms with Crippen LogP contribution in [0, 0.1) is 3.57 Å². The lowest BCUT2D eigenvalue weighted by Crippen LogP contribution is -2.15. The van der Waals surface area contributed by atoms with Crippen LogP contribution in [0.3, 0.4) is 0 Å². The second-order valence-electron chi connectivity index (χ2n) is 2.35. The number of aromatic nitrogens is 1. The molecule has 0 bridgehead atoms. The number of alkyl halides is 3. The van der Waals surface area contributed by atoms with Gasteiger partial charge in [-0.25, -0.2) is 9.78 Å². The first kappa shape index (κ1) is 11.2. The van der Waals surface area contributed by atoms with E-state index in [2.05, 4.69) is 4.98 Å². The van der Waals surface area contributed by atoms with E-state index in [-0.39, 0.29) is 3.57 Å². The first-order chi connectivity index (χ1) is 6.32. The van der Waals surface area contributed by atoms with Crippen LogP contribution in [-0.2, 0) is 6.18 Å². The summed E-state index contributed by atoms with van der Waals surface area (Å²) in [7, 11) is 0. The molecule has 0 aliphatic carbocycles. The molecule has 0 unspecified atom stereocenters. The molecule has 0 aliphatic rings. The maximum Gasteiger partial charge on any atom is 0.418 e. The lowest BCUT2D eigenvalue weighted by molar-refractivity contribution is -0.138. The molecule has 0 aromatic carbocycles. The molecule has 0 atom stereocenters. The maximum absolute atomic E-state index is 12.3. The highest BCUT2D eigenvalue weighted by Gasteiger charge is 2.36. The van der Waals surface area contributed by atoms with Crippen molar-refractivity contribution in [2.24, 2.45) is 0 Å². The Labute approximate surface area is 90.1 Å². The summed E-state index contributed by atoms with van der Waals surface area (Å²) in [6.07, 6.45) is -3.62. The Morgan fingerprint density at radius 3 is 2.50 bits per heavy atom. The molecule has 3 nitrogen and oxygen atoms in total. The normalized spacial score (nSPS) is 11.4. The van der Waals surface area contributed by atoms with Crippen LogP contribution in [0.15, 0.2) is 12.3 Å². The van der Waals surface area contributed by atoms with E-state index in [1.807, 2.05) is 0 Å². The van der Waals surface area contributed by atoms with Crippen molar-refractivity contribution in [3.05, 3.63) is 27.1 Å². The van der Waals surface area contributed by atoms with Crippen molar-refractivity contribution in [1.29, 1.82) is 0 Å². The number of nitrogens with zero attached hydrogens (tertiary/aromatic N) is 1. The van der Waals surface area contributed by atoms with Crippen LogP contribution in [0.4, 0.5) is 13.2 Å². The summed E-state index contributed by atoms with van der Waals surface area (Å²) in [5, 5.41) is 8.45. The highest BCUT2D eigenvalue weighted by Crippen LogP contribution is 2.31. The highest BCUT2D eigenvalue weighted by molar-refractivity contribution is 14.1. The average molecular weight is 317 g/mol. The molecular weight excluding hydrogens is 314 g/mol. The third kappa shape index (κ3) is 2.34. The van der Waals surface area contributed by atoms with Crippen molar-refractivity contribution in [1.82, 2.24) is 4.98 Å². The lowest BCUT2D eigenvalue weighted by Gasteiger charge is -2.08. The standard InChI is InChI=1S/C7H3F3INO2/c8-7(9,10)4-1-3(11)2-12-5(4)6(13)14/h1-2H,(H,13,14). The minimum Gasteiger partial charge on any atom is -0.476 e. The number of carboxylic acids is 1. The zero-order chi connectivity index (χ0) is 10.9. The first-order valence-electron chi connectivity index (χ1n) is 3.28. The number of rotatable bonds is 1. The Bertz CT molecular complexity index is 378. The van der Waals surface area contributed by atoms with Gasteiger partial charge in [0.25, 0.3) is 0 Å². The summed E-state index contributed by atoms with van der Waals surface area (Å²) in [5.74, 6) is -1.69. The number of halogens is 4. The van der Waals surface area contributed by atoms with Gasteiger partial charge in [0.1, 0.15) is 0 Å². The molecule has 0 saturated carbocycles. The minimum atomic E-state index is -4.69. The number of hydrogen-bond donors (Lipinski definition) is 1. The third-order valence-corrected chi connectivity index (χ3v) is 1.95. The van der Waals surface area contributed by atoms with Crippen molar-refractivity contribution in [3.8, 4) is 0 Å². The molecule has 1 aromatic heterocycles. The van der Waals surface area contributed by atoms with Gasteiger partial charge in [-0.1, -0.05) is 0 Å². The Balaban J connectivity index is 3.38. The molecule has 14 heavy (non-hydrogen) atoms. The van der Waals surface area contributed by atoms with E-state index in [0.29, 0.717) is 0 Å². The zero-order valence-electron chi connectivity index (χ0n) is 6.47. The summed E-state index contributed by atoms with van der Waals surface area (Å²) in [6, 6.07) is 0.747. The second kappa shape index (κ2) is 3.71. The van der Waals surface area contributed by atoms with Crippen LogP contribution in [0.5, 0.6) is 0 Å². The van der Waals surface area contributed by atoms with Crippen molar-refractivity contribution >= 4 is 28.6 Å². The molecule has 1 rings (SSSR count). The van der Waals surface area contributed by atoms with E-state index >= 15 is 0 Å². The van der Waals surface area contributed by atoms with Gasteiger partial charge in [0.2, 0.25) is 0 Å². The monoisotopic (exact) mass is 317 g/mol. The fourth-order valence-corrected chi connectivity index (χ4v) is 1.28. The van der Waals surface area contributed by atoms with Crippen LogP contribution < -0.4 is 0 Å². The number of carboxylic acid groups (broad SMARTS) is 1. The SMILES string of the molecule is O=C(O)c1ncc(I)cc1C(F)(F)F. The topological polar surface area (TPSA) is 50.2 Å². The molecule has 1 heterocycles. The first-order valence-corrected chi connectivity index (χ1v) is 4.36. The molecule has 0 saturated heterocycles. The van der Waals surface area contributed by atoms with Gasteiger partial charge in [-0.2, -0.15) is 13.2 Å². The van der Waals surface area contributed by atoms with Crippen molar-refractivity contribution in [2.45, 2.75) is 6.18 Å². The Morgan fingerprint density at radius 1 is 1.50 bits per heavy atom. The second-order valence-corrected chi connectivity index (χ2v) is 3.60. The molecule has 0 fully saturated rings. The summed E-state index contributed by atoms with van der Waals surface area (Å²) in [6.45, 7) is 0. The van der Waals surface area contributed by atoms with Crippen LogP contribution >= 0.6 is 22.6 Å². The number of carbonyl (C=O) groups is 1. The average Bonchev–Trinajstić information content (AvgIpc) is 2.01. The van der Waals surface area contributed by atoms with Crippen LogP contribution in [0.1, 0.15) is 16.1 Å². The lowest BCUT2D eigenvalue weighted by atomic mass is 10.2. The van der Waals surface area contributed by atoms with Crippen molar-refractivity contribution < 1.29 is 23.1 Å². The largest absolute Gasteiger partial charge is 0.476 e. The molecule has 1 aromatic rings. The third-order valence-electron chi connectivity index (χ3n) is 1.36. The Morgan fingerprint density at radius 2 is 2.07 bits per heavy atom. The summed E-state index contributed by atoms with van der Waals surface area (Å²) in [4.78, 5) is 13.6. The molecular formula is C7H3F3INO2. The van der Waals surface area contributed by atoms with Crippen LogP contribution in [0.25, 0.3) is 0 Å². The summed E-state index contributed by atoms with van der Waals surface area (Å²) in [5.41, 5.74) is -2.20. The Hall–Kier alpha value is -0.860. The van der Waals surface area contributed by atoms with Crippen molar-refractivity contribution in [3.63, 3.8) is 0 Å². The summed E-state index contributed by atoms with van der Waals surface area (Å²) < 4.78 is 37.1. The highest BCUT2D eigenvalue weighted by atomic mass is 127. The maximum atomic E-state index is 12.3. The number of aromatic carboxylic acids is 1. The predicted molar refractivity (Wildman–Crippen MR) is 48.9 cm³/mol. The van der Waals surface area contributed by atoms with Gasteiger partial charge in [-0.05, 0) is 28.7 Å². The van der Waals surface area contributed by atoms with Gasteiger partial charge >= 0.3 is 12.1 Å². The molecule has 0 spiro atoms. The van der Waals surface area contributed by atoms with Gasteiger partial charge in [0.15, 0.2) is 5.69 Å². The van der Waals surface area contributed by atoms with Gasteiger partial charge in [-0.3, -0.25) is 0 Å². The molecule has 1 N–H and O–H groups in total. The fourth-order valence-electron chi connectivity index (χ4n) is 0.826. The zero-order valence-corrected chi connectivity index (χ0v) is 8.63. The Kier molecular flexibility index (Phi) is 2.98. The van der Waals surface area contributed by atoms with Crippen LogP contribution in [0.2, 0.25) is 0 Å². The van der Waals surface area contributed by atoms with Gasteiger partial charge in [-0.15, -0.1) is 0 Å². The molecule has 0 aliphatic heterocycles. The van der Waals surface area contributed by atoms with E-state index in [9.17, 15) is 18.0 Å². The number of hydrogen-bond acceptors (Lipinski definition) is 2. The molecule has 0 radical (unpaired) electrons. The van der Waals surface area contributed by atoms with Gasteiger partial charge in [0, 0.05) is 9.77 Å². The quantitative estimate of drug-likeness (QED) is 0.809. The van der Waals surface area contributed by atoms with Gasteiger partial charge in [0.05, 0.1) is 5.56 Å². The molecule has 76 valence electrons. The van der Waals surface area contributed by atoms with E-state index in [4.69, 9.17) is 5.11 Å². The predicted octanol–water partition coefficient (Wildman–Crippen LogP) is 2.40.